The van der Waals surface area contributed by atoms with E-state index in [1.165, 1.54) is 25.7 Å². The summed E-state index contributed by atoms with van der Waals surface area (Å²) in [6, 6.07) is 4.17. The van der Waals surface area contributed by atoms with Gasteiger partial charge in [-0.1, -0.05) is 33.1 Å². The molecule has 6 heteroatoms. The van der Waals surface area contributed by atoms with Gasteiger partial charge in [-0.3, -0.25) is 20.2 Å². The number of hydrogen-bond donors (Lipinski definition) is 1. The molecule has 152 valence electrons. The number of urea groups is 1. The van der Waals surface area contributed by atoms with Crippen molar-refractivity contribution >= 4 is 17.6 Å². The van der Waals surface area contributed by atoms with Crippen molar-refractivity contribution in [1.82, 2.24) is 15.2 Å². The number of amidine groups is 1. The Balaban J connectivity index is 1.65. The number of anilines is 1. The molecule has 2 saturated heterocycles. The second-order valence-electron chi connectivity index (χ2n) is 8.99. The highest BCUT2D eigenvalue weighted by molar-refractivity contribution is 6.19. The lowest BCUT2D eigenvalue weighted by atomic mass is 9.93. The number of rotatable bonds is 5. The number of pyridine rings is 1. The van der Waals surface area contributed by atoms with Crippen LogP contribution in [-0.2, 0) is 0 Å². The Morgan fingerprint density at radius 2 is 2.14 bits per heavy atom. The molecule has 1 atom stereocenters. The van der Waals surface area contributed by atoms with Crippen molar-refractivity contribution in [3.05, 3.63) is 24.5 Å². The molecule has 0 bridgehead atoms. The average Bonchev–Trinajstić information content (AvgIpc) is 3.23. The lowest BCUT2D eigenvalue weighted by Crippen LogP contribution is -2.52. The normalized spacial score (nSPS) is 28.0. The molecule has 2 amide bonds. The maximum atomic E-state index is 13.0. The van der Waals surface area contributed by atoms with Crippen LogP contribution in [0.4, 0.5) is 10.5 Å². The Kier molecular flexibility index (Phi) is 5.67. The van der Waals surface area contributed by atoms with Crippen LogP contribution in [0.3, 0.4) is 0 Å². The van der Waals surface area contributed by atoms with Crippen LogP contribution in [0, 0.1) is 5.92 Å². The van der Waals surface area contributed by atoms with Crippen molar-refractivity contribution in [3.8, 4) is 0 Å². The van der Waals surface area contributed by atoms with E-state index in [2.05, 4.69) is 29.0 Å². The summed E-state index contributed by atoms with van der Waals surface area (Å²) in [6.45, 7) is 7.46. The summed E-state index contributed by atoms with van der Waals surface area (Å²) >= 11 is 0. The minimum atomic E-state index is -0.380. The Labute approximate surface area is 168 Å². The molecule has 1 saturated carbocycles. The molecule has 1 spiro atoms. The van der Waals surface area contributed by atoms with Gasteiger partial charge in [0.25, 0.3) is 0 Å². The highest BCUT2D eigenvalue weighted by atomic mass is 16.2. The molecular weight excluding hydrogens is 350 g/mol. The number of aromatic nitrogens is 1. The summed E-state index contributed by atoms with van der Waals surface area (Å²) in [6.07, 6.45) is 11.7. The van der Waals surface area contributed by atoms with Crippen LogP contribution in [0.15, 0.2) is 29.5 Å². The van der Waals surface area contributed by atoms with Gasteiger partial charge in [0.2, 0.25) is 0 Å². The van der Waals surface area contributed by atoms with E-state index in [1.54, 1.807) is 12.4 Å². The van der Waals surface area contributed by atoms with Crippen LogP contribution in [0.25, 0.3) is 0 Å². The van der Waals surface area contributed by atoms with E-state index >= 15 is 0 Å². The van der Waals surface area contributed by atoms with Gasteiger partial charge in [-0.25, -0.2) is 4.79 Å². The number of nitrogens with one attached hydrogen (secondary N) is 1. The summed E-state index contributed by atoms with van der Waals surface area (Å²) in [7, 11) is 0. The number of carbonyl (C=O) groups excluding carboxylic acids is 1. The molecule has 1 aromatic rings. The van der Waals surface area contributed by atoms with E-state index in [4.69, 9.17) is 4.99 Å². The Morgan fingerprint density at radius 3 is 2.86 bits per heavy atom. The first-order valence-electron chi connectivity index (χ1n) is 10.9. The number of likely N-dealkylation sites (tertiary alicyclic amines) is 1. The zero-order valence-electron chi connectivity index (χ0n) is 17.2. The topological polar surface area (TPSA) is 60.8 Å². The zero-order valence-corrected chi connectivity index (χ0v) is 17.2. The monoisotopic (exact) mass is 383 g/mol. The second-order valence-corrected chi connectivity index (χ2v) is 8.99. The second kappa shape index (κ2) is 8.19. The first-order chi connectivity index (χ1) is 13.6. The number of aliphatic imine (C=N–C) groups is 1. The largest absolute Gasteiger partial charge is 0.328 e. The van der Waals surface area contributed by atoms with Crippen LogP contribution >= 0.6 is 0 Å². The maximum Gasteiger partial charge on any atom is 0.328 e. The van der Waals surface area contributed by atoms with Crippen molar-refractivity contribution < 1.29 is 4.79 Å². The van der Waals surface area contributed by atoms with E-state index < -0.39 is 0 Å². The predicted molar refractivity (Wildman–Crippen MR) is 113 cm³/mol. The zero-order chi connectivity index (χ0) is 19.6. The van der Waals surface area contributed by atoms with Crippen LogP contribution < -0.4 is 10.2 Å². The first kappa shape index (κ1) is 19.4. The molecule has 1 unspecified atom stereocenters. The number of carbonyl (C=O) groups is 1. The molecule has 6 nitrogen and oxygen atoms in total. The van der Waals surface area contributed by atoms with E-state index in [0.717, 1.165) is 50.4 Å². The third kappa shape index (κ3) is 3.79. The quantitative estimate of drug-likeness (QED) is 0.840. The molecule has 1 aromatic heterocycles. The van der Waals surface area contributed by atoms with Crippen molar-refractivity contribution in [2.75, 3.05) is 24.5 Å². The van der Waals surface area contributed by atoms with E-state index in [9.17, 15) is 4.79 Å². The lowest BCUT2D eigenvalue weighted by Gasteiger charge is -2.34. The van der Waals surface area contributed by atoms with Gasteiger partial charge in [0.15, 0.2) is 0 Å². The van der Waals surface area contributed by atoms with Gasteiger partial charge in [-0.05, 0) is 50.3 Å². The van der Waals surface area contributed by atoms with Crippen molar-refractivity contribution in [2.24, 2.45) is 10.9 Å². The summed E-state index contributed by atoms with van der Waals surface area (Å²) < 4.78 is 0. The molecule has 0 aromatic carbocycles. The fourth-order valence-corrected chi connectivity index (χ4v) is 4.85. The number of hydrogen-bond acceptors (Lipinski definition) is 4. The molecule has 1 N–H and O–H groups in total. The Bertz CT molecular complexity index is 713. The van der Waals surface area contributed by atoms with Crippen LogP contribution in [0.1, 0.15) is 58.8 Å². The molecule has 4 rings (SSSR count). The fraction of sp³-hybridized carbons (Fsp3) is 0.682. The van der Waals surface area contributed by atoms with Gasteiger partial charge in [-0.2, -0.15) is 0 Å². The van der Waals surface area contributed by atoms with Crippen molar-refractivity contribution in [2.45, 2.75) is 70.4 Å². The minimum absolute atomic E-state index is 0.0618. The van der Waals surface area contributed by atoms with Crippen LogP contribution in [-0.4, -0.2) is 53.0 Å². The highest BCUT2D eigenvalue weighted by Crippen LogP contribution is 2.37. The van der Waals surface area contributed by atoms with Gasteiger partial charge in [0, 0.05) is 19.3 Å². The molecule has 0 radical (unpaired) electrons. The van der Waals surface area contributed by atoms with Gasteiger partial charge in [0.05, 0.1) is 17.9 Å². The third-order valence-electron chi connectivity index (χ3n) is 6.44. The van der Waals surface area contributed by atoms with Crippen molar-refractivity contribution in [3.63, 3.8) is 0 Å². The molecule has 2 aliphatic heterocycles. The Morgan fingerprint density at radius 1 is 1.32 bits per heavy atom. The Hall–Kier alpha value is -1.95. The maximum absolute atomic E-state index is 13.0. The number of nitrogens with zero attached hydrogens (tertiary/aromatic N) is 4. The molecular formula is C22H33N5O. The number of amides is 2. The third-order valence-corrected chi connectivity index (χ3v) is 6.44. The first-order valence-corrected chi connectivity index (χ1v) is 10.9. The molecule has 3 aliphatic rings. The summed E-state index contributed by atoms with van der Waals surface area (Å²) in [5, 5.41) is 3.15. The van der Waals surface area contributed by atoms with E-state index in [0.29, 0.717) is 12.0 Å². The van der Waals surface area contributed by atoms with Crippen LogP contribution in [0.5, 0.6) is 0 Å². The molecule has 3 fully saturated rings. The summed E-state index contributed by atoms with van der Waals surface area (Å²) in [5.74, 6) is 1.57. The van der Waals surface area contributed by atoms with Crippen molar-refractivity contribution in [1.29, 1.82) is 0 Å². The van der Waals surface area contributed by atoms with E-state index in [1.807, 2.05) is 17.0 Å². The van der Waals surface area contributed by atoms with Gasteiger partial charge >= 0.3 is 6.03 Å². The highest BCUT2D eigenvalue weighted by Gasteiger charge is 2.55. The van der Waals surface area contributed by atoms with E-state index in [-0.39, 0.29) is 11.6 Å². The van der Waals surface area contributed by atoms with Gasteiger partial charge in [-0.15, -0.1) is 0 Å². The van der Waals surface area contributed by atoms with Crippen LogP contribution in [0.2, 0.25) is 0 Å². The lowest BCUT2D eigenvalue weighted by molar-refractivity contribution is 0.250. The van der Waals surface area contributed by atoms with Gasteiger partial charge in [0.1, 0.15) is 11.4 Å². The SMILES string of the molecule is CC(C)CCN1CCC2(C1)C(=NC1CCCCC1)NC(=O)N2c1cccnc1. The van der Waals surface area contributed by atoms with Gasteiger partial charge < -0.3 is 4.90 Å². The molecule has 28 heavy (non-hydrogen) atoms. The smallest absolute Gasteiger partial charge is 0.300 e. The predicted octanol–water partition coefficient (Wildman–Crippen LogP) is 3.83. The molecule has 3 heterocycles. The standard InChI is InChI=1S/C22H33N5O/c1-17(2)10-13-26-14-11-22(16-26)20(24-18-7-4-3-5-8-18)25-21(28)27(22)19-9-6-12-23-15-19/h6,9,12,15,17-18H,3-5,7-8,10-11,13-14,16H2,1-2H3,(H,24,25,28). The fourth-order valence-electron chi connectivity index (χ4n) is 4.85. The molecule has 1 aliphatic carbocycles. The minimum Gasteiger partial charge on any atom is -0.300 e. The summed E-state index contributed by atoms with van der Waals surface area (Å²) in [5.41, 5.74) is 0.480. The average molecular weight is 384 g/mol. The summed E-state index contributed by atoms with van der Waals surface area (Å²) in [4.78, 5) is 26.9.